The number of hydrogen-bond acceptors (Lipinski definition) is 6. The van der Waals surface area contributed by atoms with Gasteiger partial charge in [0.25, 0.3) is 0 Å². The van der Waals surface area contributed by atoms with Crippen LogP contribution in [-0.4, -0.2) is 37.2 Å². The Labute approximate surface area is 513 Å². The molecule has 0 aliphatic heterocycles. The smallest absolute Gasteiger partial charge is 0.306 e. The lowest BCUT2D eigenvalue weighted by atomic mass is 10.0. The molecule has 472 valence electrons. The van der Waals surface area contributed by atoms with Gasteiger partial charge in [-0.1, -0.05) is 315 Å². The predicted molar refractivity (Wildman–Crippen MR) is 362 cm³/mol. The summed E-state index contributed by atoms with van der Waals surface area (Å²) in [5, 5.41) is 0. The number of ether oxygens (including phenoxy) is 3. The van der Waals surface area contributed by atoms with Crippen LogP contribution < -0.4 is 0 Å². The summed E-state index contributed by atoms with van der Waals surface area (Å²) in [4.78, 5) is 38.0. The van der Waals surface area contributed by atoms with Crippen LogP contribution in [-0.2, 0) is 28.6 Å². The fraction of sp³-hybridized carbons (Fsp3) is 0.675. The van der Waals surface area contributed by atoms with Crippen LogP contribution in [0.2, 0.25) is 0 Å². The Bertz CT molecular complexity index is 1750. The van der Waals surface area contributed by atoms with Gasteiger partial charge in [-0.15, -0.1) is 0 Å². The van der Waals surface area contributed by atoms with Crippen molar-refractivity contribution < 1.29 is 28.6 Å². The molecule has 0 aromatic carbocycles. The predicted octanol–water partition coefficient (Wildman–Crippen LogP) is 24.1. The maximum Gasteiger partial charge on any atom is 0.306 e. The Kier molecular flexibility index (Phi) is 66.3. The van der Waals surface area contributed by atoms with Crippen molar-refractivity contribution in [3.8, 4) is 0 Å². The number of carbonyl (C=O) groups is 3. The second-order valence-electron chi connectivity index (χ2n) is 22.7. The molecule has 1 atom stereocenters. The zero-order valence-corrected chi connectivity index (χ0v) is 54.2. The first-order chi connectivity index (χ1) is 41.0. The molecule has 0 N–H and O–H groups in total. The van der Waals surface area contributed by atoms with E-state index >= 15 is 0 Å². The molecule has 0 rings (SSSR count). The van der Waals surface area contributed by atoms with Gasteiger partial charge >= 0.3 is 17.9 Å². The first-order valence-electron chi connectivity index (χ1n) is 34.7. The van der Waals surface area contributed by atoms with E-state index in [0.717, 1.165) is 141 Å². The van der Waals surface area contributed by atoms with E-state index in [1.807, 2.05) is 0 Å². The van der Waals surface area contributed by atoms with Gasteiger partial charge in [0.2, 0.25) is 0 Å². The highest BCUT2D eigenvalue weighted by Gasteiger charge is 2.19. The maximum atomic E-state index is 12.9. The lowest BCUT2D eigenvalue weighted by molar-refractivity contribution is -0.167. The van der Waals surface area contributed by atoms with Crippen LogP contribution in [0.25, 0.3) is 0 Å². The molecular weight excluding hydrogens is 1020 g/mol. The molecular formula is C77H128O6. The second kappa shape index (κ2) is 70.0. The summed E-state index contributed by atoms with van der Waals surface area (Å²) in [5.41, 5.74) is 0. The highest BCUT2D eigenvalue weighted by atomic mass is 16.6. The first-order valence-corrected chi connectivity index (χ1v) is 34.7. The molecule has 6 heteroatoms. The Morgan fingerprint density at radius 3 is 0.735 bits per heavy atom. The van der Waals surface area contributed by atoms with Gasteiger partial charge in [0.15, 0.2) is 6.10 Å². The van der Waals surface area contributed by atoms with Gasteiger partial charge < -0.3 is 14.2 Å². The quantitative estimate of drug-likeness (QED) is 0.0261. The van der Waals surface area contributed by atoms with Crippen molar-refractivity contribution in [2.45, 2.75) is 322 Å². The minimum Gasteiger partial charge on any atom is -0.462 e. The number of carbonyl (C=O) groups excluding carboxylic acids is 3. The molecule has 0 radical (unpaired) electrons. The van der Waals surface area contributed by atoms with Crippen molar-refractivity contribution in [1.29, 1.82) is 0 Å². The van der Waals surface area contributed by atoms with Gasteiger partial charge in [-0.25, -0.2) is 0 Å². The van der Waals surface area contributed by atoms with Crippen molar-refractivity contribution in [2.24, 2.45) is 0 Å². The van der Waals surface area contributed by atoms with Crippen LogP contribution in [0.15, 0.2) is 134 Å². The monoisotopic (exact) mass is 1150 g/mol. The Morgan fingerprint density at radius 1 is 0.253 bits per heavy atom. The summed E-state index contributed by atoms with van der Waals surface area (Å²) in [7, 11) is 0. The number of hydrogen-bond donors (Lipinski definition) is 0. The highest BCUT2D eigenvalue weighted by Crippen LogP contribution is 2.17. The second-order valence-corrected chi connectivity index (χ2v) is 22.7. The van der Waals surface area contributed by atoms with Gasteiger partial charge in [-0.2, -0.15) is 0 Å². The molecule has 1 unspecified atom stereocenters. The van der Waals surface area contributed by atoms with E-state index < -0.39 is 6.10 Å². The molecule has 0 saturated carbocycles. The molecule has 0 bridgehead atoms. The van der Waals surface area contributed by atoms with Crippen molar-refractivity contribution in [1.82, 2.24) is 0 Å². The maximum absolute atomic E-state index is 12.9. The zero-order chi connectivity index (χ0) is 59.9. The third-order valence-electron chi connectivity index (χ3n) is 14.7. The van der Waals surface area contributed by atoms with Crippen LogP contribution in [0.5, 0.6) is 0 Å². The molecule has 0 amide bonds. The molecule has 0 aromatic rings. The van der Waals surface area contributed by atoms with Gasteiger partial charge in [-0.05, 0) is 116 Å². The number of rotatable bonds is 62. The molecule has 0 aliphatic carbocycles. The van der Waals surface area contributed by atoms with Crippen molar-refractivity contribution in [3.63, 3.8) is 0 Å². The fourth-order valence-electron chi connectivity index (χ4n) is 9.53. The van der Waals surface area contributed by atoms with Gasteiger partial charge in [-0.3, -0.25) is 14.4 Å². The zero-order valence-electron chi connectivity index (χ0n) is 54.2. The van der Waals surface area contributed by atoms with E-state index in [-0.39, 0.29) is 31.1 Å². The van der Waals surface area contributed by atoms with Crippen LogP contribution in [0.3, 0.4) is 0 Å². The minimum atomic E-state index is -0.782. The largest absolute Gasteiger partial charge is 0.462 e. The molecule has 6 nitrogen and oxygen atoms in total. The van der Waals surface area contributed by atoms with Crippen molar-refractivity contribution in [2.75, 3.05) is 13.2 Å². The molecule has 83 heavy (non-hydrogen) atoms. The Hall–Kier alpha value is -4.45. The van der Waals surface area contributed by atoms with E-state index in [2.05, 4.69) is 154 Å². The summed E-state index contributed by atoms with van der Waals surface area (Å²) < 4.78 is 16.8. The Balaban J connectivity index is 4.01. The average Bonchev–Trinajstić information content (AvgIpc) is 3.49. The average molecular weight is 1150 g/mol. The third kappa shape index (κ3) is 68.2. The van der Waals surface area contributed by atoms with Crippen LogP contribution in [0.4, 0.5) is 0 Å². The van der Waals surface area contributed by atoms with Gasteiger partial charge in [0, 0.05) is 19.3 Å². The van der Waals surface area contributed by atoms with Crippen LogP contribution in [0, 0.1) is 0 Å². The van der Waals surface area contributed by atoms with E-state index in [9.17, 15) is 14.4 Å². The molecule has 0 aromatic heterocycles. The lowest BCUT2D eigenvalue weighted by Crippen LogP contribution is -2.30. The topological polar surface area (TPSA) is 78.9 Å². The van der Waals surface area contributed by atoms with E-state index in [0.29, 0.717) is 19.3 Å². The summed E-state index contributed by atoms with van der Waals surface area (Å²) >= 11 is 0. The minimum absolute atomic E-state index is 0.0814. The van der Waals surface area contributed by atoms with Crippen molar-refractivity contribution in [3.05, 3.63) is 134 Å². The number of esters is 3. The van der Waals surface area contributed by atoms with E-state index in [1.165, 1.54) is 135 Å². The normalized spacial score (nSPS) is 13.0. The third-order valence-corrected chi connectivity index (χ3v) is 14.7. The molecule has 0 saturated heterocycles. The highest BCUT2D eigenvalue weighted by molar-refractivity contribution is 5.71. The van der Waals surface area contributed by atoms with Crippen molar-refractivity contribution >= 4 is 17.9 Å². The van der Waals surface area contributed by atoms with Crippen LogP contribution >= 0.6 is 0 Å². The first kappa shape index (κ1) is 78.5. The lowest BCUT2D eigenvalue weighted by Gasteiger charge is -2.18. The van der Waals surface area contributed by atoms with Gasteiger partial charge in [0.05, 0.1) is 0 Å². The SMILES string of the molecule is CC/C=C\C/C=C\C/C=C\C/C=C\C/C=C\C/C=C\CCCCCCCCCCC(=O)OC(COC(=O)CCCCCCC)COC(=O)CCCCCCCCCCCCCCCCCCC/C=C\C/C=C\C/C=C\C/C=C\C/C=C\CC. The number of unbranched alkanes of at least 4 members (excludes halogenated alkanes) is 29. The molecule has 0 fully saturated rings. The summed E-state index contributed by atoms with van der Waals surface area (Å²) in [6.07, 6.45) is 99.6. The molecule has 0 spiro atoms. The van der Waals surface area contributed by atoms with Crippen LogP contribution in [0.1, 0.15) is 316 Å². The standard InChI is InChI=1S/C77H128O6/c1-4-7-10-13-15-17-19-21-23-25-27-29-31-33-35-36-37-38-39-40-42-43-45-47-49-51-53-55-57-59-61-64-67-70-76(79)82-73-74(72-81-75(78)69-66-63-12-9-6-3)83-77(80)71-68-65-62-60-58-56-54-52-50-48-46-44-41-34-32-30-28-26-24-22-20-18-16-14-11-8-5-2/h7-8,10-11,15-18,21-24,27-30,33-35,41,46,48,74H,4-6,9,12-14,19-20,25-26,31-32,36-40,42-45,47,49-73H2,1-3H3/b10-7-,11-8-,17-15-,18-16-,23-21-,24-22-,29-27-,30-28-,35-33-,41-34-,48-46-. The number of allylic oxidation sites excluding steroid dienone is 22. The van der Waals surface area contributed by atoms with E-state index in [4.69, 9.17) is 14.2 Å². The molecule has 0 heterocycles. The Morgan fingerprint density at radius 2 is 0.470 bits per heavy atom. The van der Waals surface area contributed by atoms with Gasteiger partial charge in [0.1, 0.15) is 13.2 Å². The molecule has 0 aliphatic rings. The fourth-order valence-corrected chi connectivity index (χ4v) is 9.53. The van der Waals surface area contributed by atoms with E-state index in [1.54, 1.807) is 0 Å². The summed E-state index contributed by atoms with van der Waals surface area (Å²) in [6.45, 7) is 6.34. The summed E-state index contributed by atoms with van der Waals surface area (Å²) in [6, 6.07) is 0. The summed E-state index contributed by atoms with van der Waals surface area (Å²) in [5.74, 6) is -0.897.